The molecule has 2 atom stereocenters. The molecule has 1 aromatic carbocycles. The van der Waals surface area contributed by atoms with Crippen molar-refractivity contribution >= 4 is 34.9 Å². The number of carboxylic acids is 1. The van der Waals surface area contributed by atoms with Gasteiger partial charge in [0.2, 0.25) is 5.91 Å². The number of nitrogens with one attached hydrogen (secondary N) is 1. The van der Waals surface area contributed by atoms with Gasteiger partial charge < -0.3 is 15.3 Å². The fraction of sp³-hybridized carbons (Fsp3) is 0.577. The van der Waals surface area contributed by atoms with E-state index in [-0.39, 0.29) is 28.8 Å². The number of halogens is 4. The number of aromatic nitrogens is 2. The van der Waals surface area contributed by atoms with E-state index in [1.165, 1.54) is 0 Å². The molecule has 1 aromatic heterocycles. The third-order valence-electron chi connectivity index (χ3n) is 7.48. The molecule has 3 aliphatic rings. The van der Waals surface area contributed by atoms with E-state index in [4.69, 9.17) is 11.6 Å². The first-order chi connectivity index (χ1) is 17.5. The van der Waals surface area contributed by atoms with Crippen LogP contribution in [0.5, 0.6) is 0 Å². The van der Waals surface area contributed by atoms with E-state index in [9.17, 15) is 27.9 Å². The molecule has 7 nitrogen and oxygen atoms in total. The smallest absolute Gasteiger partial charge is 0.436 e. The average molecular weight is 539 g/mol. The number of carbonyl (C=O) groups excluding carboxylic acids is 1. The number of anilines is 2. The molecule has 0 spiro atoms. The minimum Gasteiger partial charge on any atom is -0.478 e. The quantitative estimate of drug-likeness (QED) is 0.409. The molecule has 2 heterocycles. The maximum atomic E-state index is 13.6. The van der Waals surface area contributed by atoms with E-state index >= 15 is 0 Å². The van der Waals surface area contributed by atoms with Crippen molar-refractivity contribution in [3.63, 3.8) is 0 Å². The molecule has 11 heteroatoms. The van der Waals surface area contributed by atoms with Crippen LogP contribution in [0.1, 0.15) is 85.6 Å². The van der Waals surface area contributed by atoms with Gasteiger partial charge in [-0.3, -0.25) is 9.48 Å². The Kier molecular flexibility index (Phi) is 6.89. The van der Waals surface area contributed by atoms with Gasteiger partial charge in [-0.2, -0.15) is 18.3 Å². The molecular weight excluding hydrogens is 509 g/mol. The summed E-state index contributed by atoms with van der Waals surface area (Å²) >= 11 is 6.16. The van der Waals surface area contributed by atoms with E-state index in [0.29, 0.717) is 25.2 Å². The second kappa shape index (κ2) is 9.85. The maximum Gasteiger partial charge on any atom is 0.436 e. The fourth-order valence-corrected chi connectivity index (χ4v) is 5.60. The van der Waals surface area contributed by atoms with Crippen molar-refractivity contribution in [2.24, 2.45) is 11.8 Å². The number of aromatic carboxylic acids is 1. The van der Waals surface area contributed by atoms with Crippen LogP contribution in [0.15, 0.2) is 18.2 Å². The minimum absolute atomic E-state index is 0.0638. The lowest BCUT2D eigenvalue weighted by Crippen LogP contribution is -2.34. The zero-order valence-electron chi connectivity index (χ0n) is 20.5. The Bertz CT molecular complexity index is 1210. The van der Waals surface area contributed by atoms with Crippen LogP contribution in [0.25, 0.3) is 0 Å². The van der Waals surface area contributed by atoms with Crippen LogP contribution in [-0.2, 0) is 11.0 Å². The van der Waals surface area contributed by atoms with Gasteiger partial charge in [-0.1, -0.05) is 31.4 Å². The summed E-state index contributed by atoms with van der Waals surface area (Å²) in [6.45, 7) is 3.80. The fourth-order valence-electron chi connectivity index (χ4n) is 5.21. The summed E-state index contributed by atoms with van der Waals surface area (Å²) in [6, 6.07) is 3.86. The van der Waals surface area contributed by atoms with Gasteiger partial charge in [-0.25, -0.2) is 4.79 Å². The number of carboxylic acid groups (broad SMARTS) is 1. The Balaban J connectivity index is 1.46. The summed E-state index contributed by atoms with van der Waals surface area (Å²) < 4.78 is 42.1. The van der Waals surface area contributed by atoms with Crippen molar-refractivity contribution in [3.8, 4) is 0 Å². The molecule has 37 heavy (non-hydrogen) atoms. The Morgan fingerprint density at radius 1 is 1.22 bits per heavy atom. The van der Waals surface area contributed by atoms with E-state index in [1.54, 1.807) is 18.2 Å². The molecule has 0 radical (unpaired) electrons. The largest absolute Gasteiger partial charge is 0.478 e. The Labute approximate surface area is 218 Å². The number of alkyl halides is 3. The van der Waals surface area contributed by atoms with Crippen molar-refractivity contribution in [1.29, 1.82) is 0 Å². The SMILES string of the molecule is C[C@@H]1CCCN(c2ccc(NC(=O)[C@H](CC3CC3)n3nc(C(F)(F)F)c(Cl)c3C3CC3)c(C(=O)O)c2)C1. The van der Waals surface area contributed by atoms with Crippen LogP contribution >= 0.6 is 11.6 Å². The standard InChI is InChI=1S/C26H30ClF3N4O3/c1-14-3-2-10-33(13-14)17-8-9-19(18(12-17)25(36)37)31-24(35)20(11-15-4-5-15)34-22(16-6-7-16)21(27)23(32-34)26(28,29)30/h8-9,12,14-16,20H,2-7,10-11,13H2,1H3,(H,31,35)(H,36,37)/t14-,20+/m1/s1. The Morgan fingerprint density at radius 3 is 2.54 bits per heavy atom. The highest BCUT2D eigenvalue weighted by atomic mass is 35.5. The summed E-state index contributed by atoms with van der Waals surface area (Å²) in [4.78, 5) is 27.8. The third-order valence-corrected chi connectivity index (χ3v) is 7.86. The number of hydrogen-bond acceptors (Lipinski definition) is 4. The first-order valence-corrected chi connectivity index (χ1v) is 13.2. The molecule has 2 N–H and O–H groups in total. The van der Waals surface area contributed by atoms with Crippen LogP contribution in [0.3, 0.4) is 0 Å². The van der Waals surface area contributed by atoms with Crippen LogP contribution in [0.2, 0.25) is 5.02 Å². The van der Waals surface area contributed by atoms with Gasteiger partial charge in [-0.15, -0.1) is 0 Å². The molecule has 1 aliphatic heterocycles. The topological polar surface area (TPSA) is 87.5 Å². The predicted molar refractivity (Wildman–Crippen MR) is 133 cm³/mol. The van der Waals surface area contributed by atoms with Crippen molar-refractivity contribution in [2.75, 3.05) is 23.3 Å². The zero-order chi connectivity index (χ0) is 26.5. The number of amides is 1. The highest BCUT2D eigenvalue weighted by Gasteiger charge is 2.44. The average Bonchev–Trinajstić information content (AvgIpc) is 3.76. The van der Waals surface area contributed by atoms with Crippen molar-refractivity contribution in [3.05, 3.63) is 40.2 Å². The number of piperidine rings is 1. The highest BCUT2D eigenvalue weighted by Crippen LogP contribution is 2.49. The molecule has 0 unspecified atom stereocenters. The van der Waals surface area contributed by atoms with Gasteiger partial charge in [0.05, 0.1) is 22.0 Å². The van der Waals surface area contributed by atoms with E-state index in [0.717, 1.165) is 49.1 Å². The molecule has 1 saturated heterocycles. The summed E-state index contributed by atoms with van der Waals surface area (Å²) in [5.41, 5.74) is -0.138. The third kappa shape index (κ3) is 5.58. The molecule has 2 aromatic rings. The van der Waals surface area contributed by atoms with Crippen molar-refractivity contribution < 1.29 is 27.9 Å². The lowest BCUT2D eigenvalue weighted by atomic mass is 9.99. The number of benzene rings is 1. The maximum absolute atomic E-state index is 13.6. The summed E-state index contributed by atoms with van der Waals surface area (Å²) in [6.07, 6.45) is 0.827. The first kappa shape index (κ1) is 25.9. The van der Waals surface area contributed by atoms with Gasteiger partial charge in [0.25, 0.3) is 0 Å². The Hall–Kier alpha value is -2.75. The number of hydrogen-bond donors (Lipinski definition) is 2. The lowest BCUT2D eigenvalue weighted by Gasteiger charge is -2.33. The van der Waals surface area contributed by atoms with Crippen LogP contribution in [0, 0.1) is 11.8 Å². The van der Waals surface area contributed by atoms with Crippen LogP contribution < -0.4 is 10.2 Å². The van der Waals surface area contributed by atoms with Crippen molar-refractivity contribution in [1.82, 2.24) is 9.78 Å². The lowest BCUT2D eigenvalue weighted by molar-refractivity contribution is -0.141. The Morgan fingerprint density at radius 2 is 1.95 bits per heavy atom. The van der Waals surface area contributed by atoms with Gasteiger partial charge in [-0.05, 0) is 62.1 Å². The highest BCUT2D eigenvalue weighted by molar-refractivity contribution is 6.32. The second-order valence-electron chi connectivity index (χ2n) is 10.7. The van der Waals surface area contributed by atoms with E-state index in [1.807, 2.05) is 0 Å². The van der Waals surface area contributed by atoms with Gasteiger partial charge in [0.1, 0.15) is 6.04 Å². The van der Waals surface area contributed by atoms with Gasteiger partial charge in [0.15, 0.2) is 5.69 Å². The molecule has 0 bridgehead atoms. The summed E-state index contributed by atoms with van der Waals surface area (Å²) in [7, 11) is 0. The summed E-state index contributed by atoms with van der Waals surface area (Å²) in [5.74, 6) is -1.27. The number of nitrogens with zero attached hydrogens (tertiary/aromatic N) is 3. The minimum atomic E-state index is -4.75. The molecule has 1 amide bonds. The first-order valence-electron chi connectivity index (χ1n) is 12.8. The normalized spacial score (nSPS) is 21.1. The van der Waals surface area contributed by atoms with E-state index < -0.39 is 34.8 Å². The predicted octanol–water partition coefficient (Wildman–Crippen LogP) is 6.35. The van der Waals surface area contributed by atoms with Crippen molar-refractivity contribution in [2.45, 2.75) is 70.0 Å². The number of rotatable bonds is 8. The van der Waals surface area contributed by atoms with E-state index in [2.05, 4.69) is 22.2 Å². The monoisotopic (exact) mass is 538 g/mol. The molecule has 2 aliphatic carbocycles. The van der Waals surface area contributed by atoms with Crippen LogP contribution in [-0.4, -0.2) is 39.9 Å². The molecule has 2 saturated carbocycles. The molecule has 3 fully saturated rings. The van der Waals surface area contributed by atoms with Crippen LogP contribution in [0.4, 0.5) is 24.5 Å². The number of carbonyl (C=O) groups is 2. The second-order valence-corrected chi connectivity index (χ2v) is 11.1. The molecule has 200 valence electrons. The molecular formula is C26H30ClF3N4O3. The zero-order valence-corrected chi connectivity index (χ0v) is 21.3. The molecule has 5 rings (SSSR count). The van der Waals surface area contributed by atoms with Gasteiger partial charge >= 0.3 is 12.1 Å². The van der Waals surface area contributed by atoms with Gasteiger partial charge in [0, 0.05) is 24.7 Å². The summed E-state index contributed by atoms with van der Waals surface area (Å²) in [5, 5.41) is 15.9.